The van der Waals surface area contributed by atoms with Crippen LogP contribution in [0.2, 0.25) is 5.02 Å². The number of amides is 1. The van der Waals surface area contributed by atoms with Gasteiger partial charge in [-0.15, -0.1) is 0 Å². The summed E-state index contributed by atoms with van der Waals surface area (Å²) in [7, 11) is -2.03. The molecule has 1 amide bonds. The summed E-state index contributed by atoms with van der Waals surface area (Å²) in [5.41, 5.74) is 1.29. The lowest BCUT2D eigenvalue weighted by Crippen LogP contribution is -2.14. The molecule has 0 unspecified atom stereocenters. The predicted octanol–water partition coefficient (Wildman–Crippen LogP) is 3.13. The van der Waals surface area contributed by atoms with Gasteiger partial charge in [0.25, 0.3) is 15.9 Å². The number of hydrogen-bond acceptors (Lipinski definition) is 4. The lowest BCUT2D eigenvalue weighted by molar-refractivity contribution is 0.102. The molecule has 0 saturated heterocycles. The molecule has 134 valence electrons. The topological polar surface area (TPSA) is 93.1 Å². The van der Waals surface area contributed by atoms with E-state index < -0.39 is 10.0 Å². The number of carbonyl (C=O) groups is 1. The SMILES string of the molecule is Cn1cc(C(=O)Nc2ccc(S(=O)(=O)Nc3ccc(Cl)cc3)cc2)cn1. The van der Waals surface area contributed by atoms with Gasteiger partial charge >= 0.3 is 0 Å². The number of hydrogen-bond donors (Lipinski definition) is 2. The molecule has 0 aliphatic heterocycles. The summed E-state index contributed by atoms with van der Waals surface area (Å²) < 4.78 is 28.8. The Kier molecular flexibility index (Phi) is 4.97. The summed E-state index contributed by atoms with van der Waals surface area (Å²) in [5, 5.41) is 7.13. The van der Waals surface area contributed by atoms with Crippen molar-refractivity contribution >= 4 is 38.9 Å². The van der Waals surface area contributed by atoms with Gasteiger partial charge in [0.15, 0.2) is 0 Å². The van der Waals surface area contributed by atoms with Crippen LogP contribution in [0.3, 0.4) is 0 Å². The Morgan fingerprint density at radius 3 is 2.23 bits per heavy atom. The number of carbonyl (C=O) groups excluding carboxylic acids is 1. The number of aryl methyl sites for hydroxylation is 1. The highest BCUT2D eigenvalue weighted by Crippen LogP contribution is 2.20. The largest absolute Gasteiger partial charge is 0.322 e. The Bertz CT molecular complexity index is 1030. The molecule has 0 bridgehead atoms. The van der Waals surface area contributed by atoms with Gasteiger partial charge in [-0.1, -0.05) is 11.6 Å². The first kappa shape index (κ1) is 18.0. The summed E-state index contributed by atoms with van der Waals surface area (Å²) in [6.45, 7) is 0. The second kappa shape index (κ2) is 7.19. The molecule has 0 saturated carbocycles. The molecule has 7 nitrogen and oxygen atoms in total. The molecule has 0 aliphatic rings. The Labute approximate surface area is 155 Å². The fourth-order valence-corrected chi connectivity index (χ4v) is 3.38. The van der Waals surface area contributed by atoms with E-state index in [9.17, 15) is 13.2 Å². The van der Waals surface area contributed by atoms with Crippen molar-refractivity contribution in [2.24, 2.45) is 7.05 Å². The average Bonchev–Trinajstić information content (AvgIpc) is 3.04. The van der Waals surface area contributed by atoms with Crippen molar-refractivity contribution in [2.45, 2.75) is 4.90 Å². The Balaban J connectivity index is 1.71. The maximum Gasteiger partial charge on any atom is 0.261 e. The zero-order valence-electron chi connectivity index (χ0n) is 13.7. The second-order valence-electron chi connectivity index (χ2n) is 5.49. The first-order valence-corrected chi connectivity index (χ1v) is 9.38. The summed E-state index contributed by atoms with van der Waals surface area (Å²) in [6, 6.07) is 12.2. The quantitative estimate of drug-likeness (QED) is 0.699. The van der Waals surface area contributed by atoms with Gasteiger partial charge in [0.1, 0.15) is 0 Å². The minimum Gasteiger partial charge on any atom is -0.322 e. The van der Waals surface area contributed by atoms with Crippen LogP contribution in [0.25, 0.3) is 0 Å². The van der Waals surface area contributed by atoms with Crippen LogP contribution in [0.4, 0.5) is 11.4 Å². The van der Waals surface area contributed by atoms with Crippen LogP contribution in [0.5, 0.6) is 0 Å². The zero-order chi connectivity index (χ0) is 18.7. The van der Waals surface area contributed by atoms with Crippen molar-refractivity contribution in [3.8, 4) is 0 Å². The van der Waals surface area contributed by atoms with Crippen molar-refractivity contribution < 1.29 is 13.2 Å². The molecule has 0 radical (unpaired) electrons. The van der Waals surface area contributed by atoms with E-state index in [1.807, 2.05) is 0 Å². The lowest BCUT2D eigenvalue weighted by Gasteiger charge is -2.09. The van der Waals surface area contributed by atoms with Gasteiger partial charge in [-0.2, -0.15) is 5.10 Å². The minimum absolute atomic E-state index is 0.0758. The summed E-state index contributed by atoms with van der Waals surface area (Å²) in [5.74, 6) is -0.326. The van der Waals surface area contributed by atoms with Crippen LogP contribution >= 0.6 is 11.6 Å². The van der Waals surface area contributed by atoms with E-state index in [-0.39, 0.29) is 10.8 Å². The Morgan fingerprint density at radius 2 is 1.65 bits per heavy atom. The molecule has 2 N–H and O–H groups in total. The Hall–Kier alpha value is -2.84. The van der Waals surface area contributed by atoms with Gasteiger partial charge in [-0.3, -0.25) is 14.2 Å². The standard InChI is InChI=1S/C17H15ClN4O3S/c1-22-11-12(10-19-22)17(23)20-14-6-8-16(9-7-14)26(24,25)21-15-4-2-13(18)3-5-15/h2-11,21H,1H3,(H,20,23). The number of halogens is 1. The molecule has 0 atom stereocenters. The predicted molar refractivity (Wildman–Crippen MR) is 99.9 cm³/mol. The summed E-state index contributed by atoms with van der Waals surface area (Å²) >= 11 is 5.79. The lowest BCUT2D eigenvalue weighted by atomic mass is 10.3. The van der Waals surface area contributed by atoms with Gasteiger partial charge in [0.2, 0.25) is 0 Å². The summed E-state index contributed by atoms with van der Waals surface area (Å²) in [4.78, 5) is 12.1. The molecule has 2 aromatic carbocycles. The number of nitrogens with one attached hydrogen (secondary N) is 2. The second-order valence-corrected chi connectivity index (χ2v) is 7.61. The van der Waals surface area contributed by atoms with Crippen molar-refractivity contribution in [2.75, 3.05) is 10.0 Å². The van der Waals surface area contributed by atoms with Gasteiger partial charge in [0.05, 0.1) is 16.7 Å². The molecular weight excluding hydrogens is 376 g/mol. The van der Waals surface area contributed by atoms with Gasteiger partial charge in [-0.25, -0.2) is 8.42 Å². The first-order chi connectivity index (χ1) is 12.3. The maximum absolute atomic E-state index is 12.4. The van der Waals surface area contributed by atoms with Gasteiger partial charge in [-0.05, 0) is 48.5 Å². The number of anilines is 2. The number of sulfonamides is 1. The molecule has 0 aliphatic carbocycles. The van der Waals surface area contributed by atoms with Crippen LogP contribution in [-0.2, 0) is 17.1 Å². The molecule has 1 aromatic heterocycles. The summed E-state index contributed by atoms with van der Waals surface area (Å²) in [6.07, 6.45) is 3.04. The van der Waals surface area contributed by atoms with Crippen molar-refractivity contribution in [3.05, 3.63) is 71.5 Å². The maximum atomic E-state index is 12.4. The Morgan fingerprint density at radius 1 is 1.04 bits per heavy atom. The molecule has 3 rings (SSSR count). The fraction of sp³-hybridized carbons (Fsp3) is 0.0588. The van der Waals surface area contributed by atoms with Crippen molar-refractivity contribution in [3.63, 3.8) is 0 Å². The third-order valence-corrected chi connectivity index (χ3v) is 5.14. The first-order valence-electron chi connectivity index (χ1n) is 7.52. The third-order valence-electron chi connectivity index (χ3n) is 3.49. The van der Waals surface area contributed by atoms with E-state index in [4.69, 9.17) is 11.6 Å². The molecule has 3 aromatic rings. The van der Waals surface area contributed by atoms with Crippen LogP contribution in [0.15, 0.2) is 65.8 Å². The highest BCUT2D eigenvalue weighted by molar-refractivity contribution is 7.92. The van der Waals surface area contributed by atoms with E-state index in [0.29, 0.717) is 22.0 Å². The van der Waals surface area contributed by atoms with Crippen LogP contribution < -0.4 is 10.0 Å². The van der Waals surface area contributed by atoms with E-state index in [0.717, 1.165) is 0 Å². The van der Waals surface area contributed by atoms with Crippen LogP contribution in [-0.4, -0.2) is 24.1 Å². The third kappa shape index (κ3) is 4.22. The van der Waals surface area contributed by atoms with E-state index in [1.54, 1.807) is 37.5 Å². The number of nitrogens with zero attached hydrogens (tertiary/aromatic N) is 2. The van der Waals surface area contributed by atoms with E-state index >= 15 is 0 Å². The van der Waals surface area contributed by atoms with Gasteiger partial charge < -0.3 is 5.32 Å². The molecule has 26 heavy (non-hydrogen) atoms. The molecule has 9 heteroatoms. The molecule has 0 spiro atoms. The molecular formula is C17H15ClN4O3S. The van der Waals surface area contributed by atoms with Gasteiger partial charge in [0, 0.05) is 29.6 Å². The molecule has 0 fully saturated rings. The number of aromatic nitrogens is 2. The number of benzene rings is 2. The zero-order valence-corrected chi connectivity index (χ0v) is 15.3. The number of rotatable bonds is 5. The smallest absolute Gasteiger partial charge is 0.261 e. The highest BCUT2D eigenvalue weighted by Gasteiger charge is 2.15. The van der Waals surface area contributed by atoms with E-state index in [2.05, 4.69) is 15.1 Å². The molecule has 1 heterocycles. The monoisotopic (exact) mass is 390 g/mol. The highest BCUT2D eigenvalue weighted by atomic mass is 35.5. The normalized spacial score (nSPS) is 11.2. The van der Waals surface area contributed by atoms with E-state index in [1.165, 1.54) is 35.1 Å². The fourth-order valence-electron chi connectivity index (χ4n) is 2.19. The average molecular weight is 391 g/mol. The van der Waals surface area contributed by atoms with Crippen LogP contribution in [0, 0.1) is 0 Å². The van der Waals surface area contributed by atoms with Crippen LogP contribution in [0.1, 0.15) is 10.4 Å². The van der Waals surface area contributed by atoms with Crippen molar-refractivity contribution in [1.82, 2.24) is 9.78 Å². The van der Waals surface area contributed by atoms with Crippen molar-refractivity contribution in [1.29, 1.82) is 0 Å². The minimum atomic E-state index is -3.74.